The summed E-state index contributed by atoms with van der Waals surface area (Å²) in [7, 11) is -3.61. The standard InChI is InChI=1S/C6H14NO5P/c1-2-12-13(10,11)4-3-6(9)7-5-8/h8H,2-5H2,1H3,(H,7,9)(H,10,11). The molecule has 0 fully saturated rings. The van der Waals surface area contributed by atoms with Crippen LogP contribution < -0.4 is 5.32 Å². The Morgan fingerprint density at radius 3 is 2.69 bits per heavy atom. The third kappa shape index (κ3) is 6.72. The second kappa shape index (κ2) is 6.10. The Kier molecular flexibility index (Phi) is 5.90. The first kappa shape index (κ1) is 12.6. The Bertz CT molecular complexity index is 207. The molecule has 0 aliphatic carbocycles. The van der Waals surface area contributed by atoms with Crippen molar-refractivity contribution in [3.8, 4) is 0 Å². The highest BCUT2D eigenvalue weighted by molar-refractivity contribution is 7.52. The van der Waals surface area contributed by atoms with Gasteiger partial charge in [0.15, 0.2) is 0 Å². The summed E-state index contributed by atoms with van der Waals surface area (Å²) < 4.78 is 15.5. The van der Waals surface area contributed by atoms with Gasteiger partial charge < -0.3 is 19.8 Å². The maximum Gasteiger partial charge on any atom is 0.328 e. The lowest BCUT2D eigenvalue weighted by Gasteiger charge is -2.09. The Hall–Kier alpha value is -0.420. The van der Waals surface area contributed by atoms with Gasteiger partial charge in [-0.05, 0) is 6.92 Å². The van der Waals surface area contributed by atoms with Crippen molar-refractivity contribution >= 4 is 13.5 Å². The van der Waals surface area contributed by atoms with Crippen LogP contribution in [0.3, 0.4) is 0 Å². The van der Waals surface area contributed by atoms with Crippen molar-refractivity contribution in [1.29, 1.82) is 0 Å². The van der Waals surface area contributed by atoms with Crippen LogP contribution in [0, 0.1) is 0 Å². The summed E-state index contributed by atoms with van der Waals surface area (Å²) in [6, 6.07) is 0. The highest BCUT2D eigenvalue weighted by atomic mass is 31.2. The number of hydrogen-bond donors (Lipinski definition) is 3. The lowest BCUT2D eigenvalue weighted by molar-refractivity contribution is -0.121. The monoisotopic (exact) mass is 211 g/mol. The number of aliphatic hydroxyl groups is 1. The zero-order valence-electron chi connectivity index (χ0n) is 7.39. The van der Waals surface area contributed by atoms with Crippen molar-refractivity contribution in [2.45, 2.75) is 13.3 Å². The fourth-order valence-electron chi connectivity index (χ4n) is 0.686. The van der Waals surface area contributed by atoms with Crippen LogP contribution in [0.2, 0.25) is 0 Å². The molecule has 0 saturated heterocycles. The molecule has 0 bridgehead atoms. The van der Waals surface area contributed by atoms with E-state index < -0.39 is 20.2 Å². The van der Waals surface area contributed by atoms with Gasteiger partial charge in [0.25, 0.3) is 0 Å². The van der Waals surface area contributed by atoms with Crippen LogP contribution in [0.1, 0.15) is 13.3 Å². The maximum absolute atomic E-state index is 11.0. The van der Waals surface area contributed by atoms with Crippen LogP contribution >= 0.6 is 7.60 Å². The van der Waals surface area contributed by atoms with E-state index in [0.717, 1.165) is 0 Å². The highest BCUT2D eigenvalue weighted by Crippen LogP contribution is 2.41. The molecule has 1 atom stereocenters. The lowest BCUT2D eigenvalue weighted by atomic mass is 10.5. The second-order valence-electron chi connectivity index (χ2n) is 2.29. The second-order valence-corrected chi connectivity index (χ2v) is 4.27. The topological polar surface area (TPSA) is 95.9 Å². The van der Waals surface area contributed by atoms with Crippen LogP contribution in [0.4, 0.5) is 0 Å². The van der Waals surface area contributed by atoms with Gasteiger partial charge >= 0.3 is 7.60 Å². The smallest absolute Gasteiger partial charge is 0.328 e. The molecule has 0 aliphatic heterocycles. The summed E-state index contributed by atoms with van der Waals surface area (Å²) in [5.74, 6) is -0.475. The average Bonchev–Trinajstić information content (AvgIpc) is 2.02. The van der Waals surface area contributed by atoms with Crippen molar-refractivity contribution in [1.82, 2.24) is 5.32 Å². The summed E-state index contributed by atoms with van der Waals surface area (Å²) in [4.78, 5) is 19.8. The van der Waals surface area contributed by atoms with Gasteiger partial charge in [-0.3, -0.25) is 9.36 Å². The molecule has 0 rings (SSSR count). The van der Waals surface area contributed by atoms with E-state index in [1.165, 1.54) is 0 Å². The van der Waals surface area contributed by atoms with E-state index in [9.17, 15) is 9.36 Å². The molecule has 0 radical (unpaired) electrons. The Labute approximate surface area is 76.4 Å². The molecule has 0 aromatic rings. The van der Waals surface area contributed by atoms with E-state index in [2.05, 4.69) is 9.84 Å². The molecule has 0 aliphatic rings. The van der Waals surface area contributed by atoms with Crippen molar-refractivity contribution in [3.63, 3.8) is 0 Å². The summed E-state index contributed by atoms with van der Waals surface area (Å²) in [5, 5.41) is 10.4. The van der Waals surface area contributed by atoms with Gasteiger partial charge in [0.05, 0.1) is 12.8 Å². The number of rotatable bonds is 6. The third-order valence-corrected chi connectivity index (χ3v) is 2.68. The zero-order chi connectivity index (χ0) is 10.3. The van der Waals surface area contributed by atoms with Crippen molar-refractivity contribution in [3.05, 3.63) is 0 Å². The van der Waals surface area contributed by atoms with Crippen molar-refractivity contribution in [2.24, 2.45) is 0 Å². The van der Waals surface area contributed by atoms with E-state index in [0.29, 0.717) is 0 Å². The van der Waals surface area contributed by atoms with Crippen LogP contribution in [-0.4, -0.2) is 35.4 Å². The van der Waals surface area contributed by atoms with E-state index in [1.54, 1.807) is 6.92 Å². The van der Waals surface area contributed by atoms with Crippen LogP contribution in [0.15, 0.2) is 0 Å². The Morgan fingerprint density at radius 1 is 1.62 bits per heavy atom. The average molecular weight is 211 g/mol. The summed E-state index contributed by atoms with van der Waals surface area (Å²) in [6.07, 6.45) is -0.360. The van der Waals surface area contributed by atoms with Gasteiger partial charge in [-0.1, -0.05) is 0 Å². The number of carbonyl (C=O) groups is 1. The molecule has 13 heavy (non-hydrogen) atoms. The number of nitrogens with one attached hydrogen (secondary N) is 1. The molecule has 0 saturated carbocycles. The van der Waals surface area contributed by atoms with Crippen molar-refractivity contribution < 1.29 is 23.9 Å². The predicted molar refractivity (Wildman–Crippen MR) is 46.2 cm³/mol. The normalized spacial score (nSPS) is 15.0. The van der Waals surface area contributed by atoms with Gasteiger partial charge in [0.1, 0.15) is 6.73 Å². The predicted octanol–water partition coefficient (Wildman–Crippen LogP) is -0.336. The number of carbonyl (C=O) groups excluding carboxylic acids is 1. The molecule has 78 valence electrons. The molecule has 0 heterocycles. The van der Waals surface area contributed by atoms with Crippen LogP contribution in [0.25, 0.3) is 0 Å². The quantitative estimate of drug-likeness (QED) is 0.412. The summed E-state index contributed by atoms with van der Waals surface area (Å²) >= 11 is 0. The summed E-state index contributed by atoms with van der Waals surface area (Å²) in [5.41, 5.74) is 0. The van der Waals surface area contributed by atoms with Crippen LogP contribution in [0.5, 0.6) is 0 Å². The fraction of sp³-hybridized carbons (Fsp3) is 0.833. The first-order chi connectivity index (χ1) is 6.02. The zero-order valence-corrected chi connectivity index (χ0v) is 8.29. The first-order valence-electron chi connectivity index (χ1n) is 3.85. The Balaban J connectivity index is 3.74. The number of aliphatic hydroxyl groups excluding tert-OH is 1. The van der Waals surface area contributed by atoms with Gasteiger partial charge in [-0.15, -0.1) is 0 Å². The fourth-order valence-corrected chi connectivity index (χ4v) is 1.70. The molecule has 0 spiro atoms. The molecule has 0 aromatic heterocycles. The minimum absolute atomic E-state index is 0.131. The van der Waals surface area contributed by atoms with Gasteiger partial charge in [-0.25, -0.2) is 0 Å². The number of amides is 1. The third-order valence-electron chi connectivity index (χ3n) is 1.23. The molecule has 3 N–H and O–H groups in total. The van der Waals surface area contributed by atoms with Crippen molar-refractivity contribution in [2.75, 3.05) is 19.5 Å². The molecular formula is C6H14NO5P. The van der Waals surface area contributed by atoms with E-state index in [-0.39, 0.29) is 19.2 Å². The Morgan fingerprint density at radius 2 is 2.23 bits per heavy atom. The highest BCUT2D eigenvalue weighted by Gasteiger charge is 2.19. The molecular weight excluding hydrogens is 197 g/mol. The molecule has 1 amide bonds. The van der Waals surface area contributed by atoms with E-state index in [4.69, 9.17) is 10.00 Å². The van der Waals surface area contributed by atoms with Crippen LogP contribution in [-0.2, 0) is 13.9 Å². The van der Waals surface area contributed by atoms with E-state index in [1.807, 2.05) is 0 Å². The minimum atomic E-state index is -3.61. The SMILES string of the molecule is CCOP(=O)(O)CCC(=O)NCO. The molecule has 7 heteroatoms. The summed E-state index contributed by atoms with van der Waals surface area (Å²) in [6.45, 7) is 1.26. The van der Waals surface area contributed by atoms with Gasteiger partial charge in [-0.2, -0.15) is 0 Å². The minimum Gasteiger partial charge on any atom is -0.377 e. The molecule has 6 nitrogen and oxygen atoms in total. The van der Waals surface area contributed by atoms with E-state index >= 15 is 0 Å². The first-order valence-corrected chi connectivity index (χ1v) is 5.62. The molecule has 0 aromatic carbocycles. The number of hydrogen-bond acceptors (Lipinski definition) is 4. The lowest BCUT2D eigenvalue weighted by Crippen LogP contribution is -2.24. The van der Waals surface area contributed by atoms with Gasteiger partial charge in [0, 0.05) is 6.42 Å². The molecule has 1 unspecified atom stereocenters. The largest absolute Gasteiger partial charge is 0.377 e. The van der Waals surface area contributed by atoms with Gasteiger partial charge in [0.2, 0.25) is 5.91 Å². The maximum atomic E-state index is 11.0.